The molecule has 0 aliphatic heterocycles. The lowest BCUT2D eigenvalue weighted by Gasteiger charge is -2.08. The molecule has 110 valence electrons. The number of hydrogen-bond acceptors (Lipinski definition) is 4. The molecule has 0 saturated carbocycles. The summed E-state index contributed by atoms with van der Waals surface area (Å²) in [5.41, 5.74) is 4.78. The van der Waals surface area contributed by atoms with Gasteiger partial charge in [0, 0.05) is 10.5 Å². The topological polar surface area (TPSA) is 80.6 Å². The SMILES string of the molecule is O=C(COc1ccc(Br)cc1)NNC(=O)c1coc(Br)c1. The molecule has 0 saturated heterocycles. The van der Waals surface area contributed by atoms with Crippen molar-refractivity contribution in [2.45, 2.75) is 0 Å². The third kappa shape index (κ3) is 4.91. The van der Waals surface area contributed by atoms with Crippen molar-refractivity contribution in [2.24, 2.45) is 0 Å². The summed E-state index contributed by atoms with van der Waals surface area (Å²) in [6.07, 6.45) is 1.27. The van der Waals surface area contributed by atoms with E-state index in [0.717, 1.165) is 4.47 Å². The second-order valence-electron chi connectivity index (χ2n) is 3.88. The lowest BCUT2D eigenvalue weighted by Crippen LogP contribution is -2.43. The fourth-order valence-corrected chi connectivity index (χ4v) is 1.95. The Hall–Kier alpha value is -1.80. The van der Waals surface area contributed by atoms with Crippen LogP contribution in [-0.4, -0.2) is 18.4 Å². The molecule has 0 spiro atoms. The van der Waals surface area contributed by atoms with Crippen LogP contribution in [0.15, 0.2) is 50.2 Å². The first-order chi connectivity index (χ1) is 10.0. The molecule has 0 radical (unpaired) electrons. The number of nitrogens with one attached hydrogen (secondary N) is 2. The summed E-state index contributed by atoms with van der Waals surface area (Å²) in [6.45, 7) is -0.211. The molecule has 0 fully saturated rings. The standard InChI is InChI=1S/C13H10Br2N2O4/c14-9-1-3-10(4-2-9)20-7-12(18)16-17-13(19)8-5-11(15)21-6-8/h1-6H,7H2,(H,16,18)(H,17,19). The van der Waals surface area contributed by atoms with Crippen molar-refractivity contribution in [2.75, 3.05) is 6.61 Å². The van der Waals surface area contributed by atoms with Crippen LogP contribution < -0.4 is 15.6 Å². The molecule has 2 N–H and O–H groups in total. The molecule has 2 aromatic rings. The fraction of sp³-hybridized carbons (Fsp3) is 0.0769. The van der Waals surface area contributed by atoms with Gasteiger partial charge in [0.2, 0.25) is 0 Å². The number of rotatable bonds is 4. The summed E-state index contributed by atoms with van der Waals surface area (Å²) in [5.74, 6) is -0.409. The maximum atomic E-state index is 11.6. The molecule has 0 atom stereocenters. The molecule has 1 aromatic heterocycles. The van der Waals surface area contributed by atoms with E-state index < -0.39 is 11.8 Å². The summed E-state index contributed by atoms with van der Waals surface area (Å²) in [5, 5.41) is 0. The van der Waals surface area contributed by atoms with Gasteiger partial charge in [0.1, 0.15) is 12.0 Å². The first kappa shape index (κ1) is 15.6. The number of halogens is 2. The van der Waals surface area contributed by atoms with Gasteiger partial charge in [-0.2, -0.15) is 0 Å². The van der Waals surface area contributed by atoms with Crippen LogP contribution in [0.1, 0.15) is 10.4 Å². The van der Waals surface area contributed by atoms with Gasteiger partial charge in [0.15, 0.2) is 11.3 Å². The zero-order valence-electron chi connectivity index (χ0n) is 10.6. The molecule has 1 heterocycles. The average Bonchev–Trinajstić information content (AvgIpc) is 2.91. The highest BCUT2D eigenvalue weighted by Gasteiger charge is 2.10. The number of amides is 2. The van der Waals surface area contributed by atoms with E-state index in [9.17, 15) is 9.59 Å². The van der Waals surface area contributed by atoms with Gasteiger partial charge in [-0.1, -0.05) is 15.9 Å². The van der Waals surface area contributed by atoms with Crippen LogP contribution >= 0.6 is 31.9 Å². The van der Waals surface area contributed by atoms with Gasteiger partial charge < -0.3 is 9.15 Å². The Kier molecular flexibility index (Phi) is 5.40. The summed E-state index contributed by atoms with van der Waals surface area (Å²) >= 11 is 6.38. The van der Waals surface area contributed by atoms with E-state index in [1.807, 2.05) is 0 Å². The minimum atomic E-state index is -0.485. The van der Waals surface area contributed by atoms with Crippen molar-refractivity contribution in [3.05, 3.63) is 51.3 Å². The van der Waals surface area contributed by atoms with Crippen LogP contribution in [0.5, 0.6) is 5.75 Å². The summed E-state index contributed by atoms with van der Waals surface area (Å²) in [4.78, 5) is 23.2. The maximum Gasteiger partial charge on any atom is 0.276 e. The number of carbonyl (C=O) groups is 2. The first-order valence-electron chi connectivity index (χ1n) is 5.76. The first-order valence-corrected chi connectivity index (χ1v) is 7.35. The van der Waals surface area contributed by atoms with E-state index in [1.54, 1.807) is 24.3 Å². The zero-order chi connectivity index (χ0) is 15.2. The third-order valence-corrected chi connectivity index (χ3v) is 3.27. The van der Waals surface area contributed by atoms with Gasteiger partial charge in [0.25, 0.3) is 11.8 Å². The molecule has 2 amide bonds. The predicted molar refractivity (Wildman–Crippen MR) is 81.7 cm³/mol. The average molecular weight is 418 g/mol. The van der Waals surface area contributed by atoms with Crippen molar-refractivity contribution in [3.63, 3.8) is 0 Å². The fourth-order valence-electron chi connectivity index (χ4n) is 1.34. The van der Waals surface area contributed by atoms with Crippen LogP contribution in [-0.2, 0) is 4.79 Å². The van der Waals surface area contributed by atoms with Crippen molar-refractivity contribution >= 4 is 43.7 Å². The van der Waals surface area contributed by atoms with E-state index in [4.69, 9.17) is 9.15 Å². The molecular weight excluding hydrogens is 408 g/mol. The molecule has 8 heteroatoms. The molecule has 0 aliphatic rings. The molecule has 2 rings (SSSR count). The van der Waals surface area contributed by atoms with Crippen LogP contribution in [0, 0.1) is 0 Å². The number of hydrogen-bond donors (Lipinski definition) is 2. The minimum Gasteiger partial charge on any atom is -0.484 e. The quantitative estimate of drug-likeness (QED) is 0.749. The number of furan rings is 1. The van der Waals surface area contributed by atoms with Crippen molar-refractivity contribution in [1.82, 2.24) is 10.9 Å². The Morgan fingerprint density at radius 3 is 2.48 bits per heavy atom. The molecule has 1 aromatic carbocycles. The zero-order valence-corrected chi connectivity index (χ0v) is 13.7. The van der Waals surface area contributed by atoms with Crippen LogP contribution in [0.3, 0.4) is 0 Å². The predicted octanol–water partition coefficient (Wildman–Crippen LogP) is 2.64. The van der Waals surface area contributed by atoms with E-state index in [2.05, 4.69) is 42.7 Å². The van der Waals surface area contributed by atoms with Gasteiger partial charge >= 0.3 is 0 Å². The van der Waals surface area contributed by atoms with Crippen LogP contribution in [0.25, 0.3) is 0 Å². The molecular formula is C13H10Br2N2O4. The van der Waals surface area contributed by atoms with Gasteiger partial charge in [-0.3, -0.25) is 20.4 Å². The van der Waals surface area contributed by atoms with E-state index >= 15 is 0 Å². The number of hydrazine groups is 1. The maximum absolute atomic E-state index is 11.6. The number of carbonyl (C=O) groups excluding carboxylic acids is 2. The summed E-state index contributed by atoms with van der Waals surface area (Å²) in [6, 6.07) is 8.52. The molecule has 0 aliphatic carbocycles. The monoisotopic (exact) mass is 416 g/mol. The molecule has 6 nitrogen and oxygen atoms in total. The third-order valence-electron chi connectivity index (χ3n) is 2.33. The van der Waals surface area contributed by atoms with Gasteiger partial charge in [-0.05, 0) is 40.2 Å². The molecule has 21 heavy (non-hydrogen) atoms. The lowest BCUT2D eigenvalue weighted by atomic mass is 10.3. The van der Waals surface area contributed by atoms with Crippen LogP contribution in [0.4, 0.5) is 0 Å². The largest absolute Gasteiger partial charge is 0.484 e. The van der Waals surface area contributed by atoms with E-state index in [1.165, 1.54) is 12.3 Å². The Labute approximate surface area is 137 Å². The molecule has 0 bridgehead atoms. The Bertz CT molecular complexity index is 640. The summed E-state index contributed by atoms with van der Waals surface area (Å²) in [7, 11) is 0. The second kappa shape index (κ2) is 7.28. The highest BCUT2D eigenvalue weighted by atomic mass is 79.9. The van der Waals surface area contributed by atoms with E-state index in [0.29, 0.717) is 10.4 Å². The van der Waals surface area contributed by atoms with Gasteiger partial charge in [-0.15, -0.1) is 0 Å². The second-order valence-corrected chi connectivity index (χ2v) is 5.58. The smallest absolute Gasteiger partial charge is 0.276 e. The molecule has 0 unspecified atom stereocenters. The van der Waals surface area contributed by atoms with Gasteiger partial charge in [0.05, 0.1) is 5.56 Å². The van der Waals surface area contributed by atoms with Crippen molar-refractivity contribution in [3.8, 4) is 5.75 Å². The highest BCUT2D eigenvalue weighted by molar-refractivity contribution is 9.10. The minimum absolute atomic E-state index is 0.211. The summed E-state index contributed by atoms with van der Waals surface area (Å²) < 4.78 is 11.5. The Balaban J connectivity index is 1.74. The lowest BCUT2D eigenvalue weighted by molar-refractivity contribution is -0.123. The van der Waals surface area contributed by atoms with E-state index in [-0.39, 0.29) is 12.2 Å². The normalized spacial score (nSPS) is 10.0. The van der Waals surface area contributed by atoms with Crippen molar-refractivity contribution in [1.29, 1.82) is 0 Å². The Morgan fingerprint density at radius 1 is 1.14 bits per heavy atom. The van der Waals surface area contributed by atoms with Crippen LogP contribution in [0.2, 0.25) is 0 Å². The van der Waals surface area contributed by atoms with Crippen molar-refractivity contribution < 1.29 is 18.7 Å². The van der Waals surface area contributed by atoms with Gasteiger partial charge in [-0.25, -0.2) is 0 Å². The Morgan fingerprint density at radius 2 is 1.86 bits per heavy atom. The number of benzene rings is 1. The number of ether oxygens (including phenoxy) is 1. The highest BCUT2D eigenvalue weighted by Crippen LogP contribution is 2.16.